The van der Waals surface area contributed by atoms with Gasteiger partial charge in [0.2, 0.25) is 0 Å². The molecule has 0 aliphatic heterocycles. The van der Waals surface area contributed by atoms with Crippen LogP contribution in [0.15, 0.2) is 18.2 Å². The third-order valence-electron chi connectivity index (χ3n) is 1.99. The van der Waals surface area contributed by atoms with Gasteiger partial charge in [-0.05, 0) is 13.0 Å². The lowest BCUT2D eigenvalue weighted by Crippen LogP contribution is -2.23. The quantitative estimate of drug-likeness (QED) is 0.755. The average Bonchev–Trinajstić information content (AvgIpc) is 2.02. The predicted octanol–water partition coefficient (Wildman–Crippen LogP) is 1.76. The van der Waals surface area contributed by atoms with Crippen LogP contribution in [0.25, 0.3) is 0 Å². The minimum atomic E-state index is -1.58. The number of hydrogen-bond donors (Lipinski definition) is 1. The molecular weight excluding hydrogens is 190 g/mol. The molecule has 0 aromatic heterocycles. The monoisotopic (exact) mass is 200 g/mol. The van der Waals surface area contributed by atoms with Gasteiger partial charge in [0.25, 0.3) is 0 Å². The minimum Gasteiger partial charge on any atom is -0.385 e. The average molecular weight is 200 g/mol. The maximum atomic E-state index is 13.2. The summed E-state index contributed by atoms with van der Waals surface area (Å²) in [4.78, 5) is 10.2. The summed E-state index contributed by atoms with van der Waals surface area (Å²) in [5, 5.41) is 9.66. The van der Waals surface area contributed by atoms with Gasteiger partial charge in [0, 0.05) is 18.1 Å². The molecule has 0 saturated carbocycles. The van der Waals surface area contributed by atoms with E-state index in [2.05, 4.69) is 0 Å². The van der Waals surface area contributed by atoms with Crippen molar-refractivity contribution in [2.24, 2.45) is 0 Å². The van der Waals surface area contributed by atoms with E-state index in [1.54, 1.807) is 0 Å². The summed E-state index contributed by atoms with van der Waals surface area (Å²) >= 11 is 0. The van der Waals surface area contributed by atoms with Crippen molar-refractivity contribution in [2.45, 2.75) is 18.9 Å². The third-order valence-corrected chi connectivity index (χ3v) is 1.99. The van der Waals surface area contributed by atoms with Crippen LogP contribution in [0.4, 0.5) is 8.78 Å². The maximum Gasteiger partial charge on any atom is 0.132 e. The van der Waals surface area contributed by atoms with Crippen LogP contribution < -0.4 is 0 Å². The van der Waals surface area contributed by atoms with Gasteiger partial charge >= 0.3 is 0 Å². The van der Waals surface area contributed by atoms with E-state index < -0.39 is 17.2 Å². The molecule has 0 radical (unpaired) electrons. The Morgan fingerprint density at radius 2 is 2.14 bits per heavy atom. The van der Waals surface area contributed by atoms with Crippen molar-refractivity contribution < 1.29 is 18.7 Å². The Morgan fingerprint density at radius 3 is 2.64 bits per heavy atom. The van der Waals surface area contributed by atoms with Crippen molar-refractivity contribution in [3.05, 3.63) is 35.4 Å². The summed E-state index contributed by atoms with van der Waals surface area (Å²) < 4.78 is 25.7. The zero-order chi connectivity index (χ0) is 10.8. The molecule has 1 aromatic rings. The summed E-state index contributed by atoms with van der Waals surface area (Å²) in [6.45, 7) is 1.30. The highest BCUT2D eigenvalue weighted by atomic mass is 19.1. The molecule has 4 heteroatoms. The molecule has 1 unspecified atom stereocenters. The molecule has 0 heterocycles. The molecule has 0 aliphatic carbocycles. The van der Waals surface area contributed by atoms with Crippen LogP contribution >= 0.6 is 0 Å². The van der Waals surface area contributed by atoms with Gasteiger partial charge in [-0.2, -0.15) is 0 Å². The van der Waals surface area contributed by atoms with Crippen LogP contribution in [0.3, 0.4) is 0 Å². The molecule has 1 N–H and O–H groups in total. The fourth-order valence-electron chi connectivity index (χ4n) is 1.20. The lowest BCUT2D eigenvalue weighted by atomic mass is 9.93. The number of carbonyl (C=O) groups excluding carboxylic acids is 1. The molecule has 2 nitrogen and oxygen atoms in total. The van der Waals surface area contributed by atoms with Gasteiger partial charge < -0.3 is 9.90 Å². The second-order valence-electron chi connectivity index (χ2n) is 3.27. The molecule has 0 saturated heterocycles. The van der Waals surface area contributed by atoms with Crippen LogP contribution in [0.1, 0.15) is 18.9 Å². The lowest BCUT2D eigenvalue weighted by molar-refractivity contribution is -0.112. The molecule has 1 rings (SSSR count). The topological polar surface area (TPSA) is 37.3 Å². The highest BCUT2D eigenvalue weighted by molar-refractivity contribution is 5.52. The van der Waals surface area contributed by atoms with Gasteiger partial charge in [0.1, 0.15) is 17.9 Å². The van der Waals surface area contributed by atoms with Gasteiger partial charge in [0.05, 0.1) is 5.60 Å². The maximum absolute atomic E-state index is 13.2. The summed E-state index contributed by atoms with van der Waals surface area (Å²) in [5.74, 6) is -1.56. The Hall–Kier alpha value is -1.29. The molecule has 0 aliphatic rings. The van der Waals surface area contributed by atoms with Crippen molar-refractivity contribution in [3.63, 3.8) is 0 Å². The molecule has 0 amide bonds. The van der Waals surface area contributed by atoms with Gasteiger partial charge in [0.15, 0.2) is 0 Å². The SMILES string of the molecule is CC(O)(CC=O)c1ccc(F)cc1F. The van der Waals surface area contributed by atoms with E-state index >= 15 is 0 Å². The van der Waals surface area contributed by atoms with E-state index in [4.69, 9.17) is 0 Å². The van der Waals surface area contributed by atoms with Gasteiger partial charge in [-0.15, -0.1) is 0 Å². The Kier molecular flexibility index (Phi) is 2.96. The Morgan fingerprint density at radius 1 is 1.50 bits per heavy atom. The van der Waals surface area contributed by atoms with Crippen LogP contribution in [0, 0.1) is 11.6 Å². The van der Waals surface area contributed by atoms with E-state index in [9.17, 15) is 18.7 Å². The number of halogens is 2. The van der Waals surface area contributed by atoms with E-state index in [1.165, 1.54) is 6.92 Å². The second-order valence-corrected chi connectivity index (χ2v) is 3.27. The van der Waals surface area contributed by atoms with Crippen molar-refractivity contribution in [3.8, 4) is 0 Å². The van der Waals surface area contributed by atoms with Gasteiger partial charge in [-0.1, -0.05) is 6.07 Å². The molecule has 14 heavy (non-hydrogen) atoms. The molecule has 1 atom stereocenters. The van der Waals surface area contributed by atoms with Crippen molar-refractivity contribution >= 4 is 6.29 Å². The lowest BCUT2D eigenvalue weighted by Gasteiger charge is -2.21. The fraction of sp³-hybridized carbons (Fsp3) is 0.300. The number of carbonyl (C=O) groups is 1. The number of benzene rings is 1. The second kappa shape index (κ2) is 3.84. The zero-order valence-electron chi connectivity index (χ0n) is 7.63. The number of aliphatic hydroxyl groups is 1. The Bertz CT molecular complexity index is 348. The van der Waals surface area contributed by atoms with Gasteiger partial charge in [-0.25, -0.2) is 8.78 Å². The van der Waals surface area contributed by atoms with Crippen molar-refractivity contribution in [1.82, 2.24) is 0 Å². The molecule has 0 bridgehead atoms. The summed E-state index contributed by atoms with van der Waals surface area (Å²) in [7, 11) is 0. The summed E-state index contributed by atoms with van der Waals surface area (Å²) in [6, 6.07) is 2.85. The van der Waals surface area contributed by atoms with Crippen LogP contribution in [0.2, 0.25) is 0 Å². The van der Waals surface area contributed by atoms with E-state index in [1.807, 2.05) is 0 Å². The van der Waals surface area contributed by atoms with Crippen LogP contribution in [-0.4, -0.2) is 11.4 Å². The Labute approximate surface area is 80.2 Å². The third kappa shape index (κ3) is 2.14. The first-order valence-corrected chi connectivity index (χ1v) is 4.09. The fourth-order valence-corrected chi connectivity index (χ4v) is 1.20. The molecule has 0 fully saturated rings. The van der Waals surface area contributed by atoms with Gasteiger partial charge in [-0.3, -0.25) is 0 Å². The van der Waals surface area contributed by atoms with E-state index in [0.29, 0.717) is 12.4 Å². The highest BCUT2D eigenvalue weighted by Gasteiger charge is 2.26. The van der Waals surface area contributed by atoms with Crippen molar-refractivity contribution in [1.29, 1.82) is 0 Å². The van der Waals surface area contributed by atoms with E-state index in [-0.39, 0.29) is 12.0 Å². The molecule has 76 valence electrons. The van der Waals surface area contributed by atoms with E-state index in [0.717, 1.165) is 12.1 Å². The zero-order valence-corrected chi connectivity index (χ0v) is 7.63. The number of rotatable bonds is 3. The molecule has 1 aromatic carbocycles. The number of hydrogen-bond acceptors (Lipinski definition) is 2. The first kappa shape index (κ1) is 10.8. The Balaban J connectivity index is 3.12. The summed E-state index contributed by atoms with van der Waals surface area (Å²) in [5.41, 5.74) is -1.66. The first-order valence-electron chi connectivity index (χ1n) is 4.09. The van der Waals surface area contributed by atoms with Crippen molar-refractivity contribution in [2.75, 3.05) is 0 Å². The first-order chi connectivity index (χ1) is 6.47. The normalized spacial score (nSPS) is 14.9. The smallest absolute Gasteiger partial charge is 0.132 e. The van der Waals surface area contributed by atoms with Crippen LogP contribution in [-0.2, 0) is 10.4 Å². The largest absolute Gasteiger partial charge is 0.385 e. The highest BCUT2D eigenvalue weighted by Crippen LogP contribution is 2.26. The minimum absolute atomic E-state index is 0.0778. The standard InChI is InChI=1S/C10H10F2O2/c1-10(14,4-5-13)8-3-2-7(11)6-9(8)12/h2-3,5-6,14H,4H2,1H3. The predicted molar refractivity (Wildman–Crippen MR) is 46.6 cm³/mol. The molecular formula is C10H10F2O2. The summed E-state index contributed by atoms with van der Waals surface area (Å²) in [6.07, 6.45) is 0.262. The van der Waals surface area contributed by atoms with Crippen LogP contribution in [0.5, 0.6) is 0 Å². The molecule has 0 spiro atoms. The number of aldehydes is 1.